The molecular formula is C45H58O3. The van der Waals surface area contributed by atoms with Gasteiger partial charge in [0.15, 0.2) is 5.78 Å². The number of Topliss-reactive ketones (excluding diaryl/α,β-unsaturated/α-hetero) is 1. The third kappa shape index (κ3) is 4.72. The molecule has 0 aliphatic heterocycles. The third-order valence-corrected chi connectivity index (χ3v) is 15.9. The summed E-state index contributed by atoms with van der Waals surface area (Å²) in [5.74, 6) is 2.62. The van der Waals surface area contributed by atoms with E-state index in [0.717, 1.165) is 43.2 Å². The maximum Gasteiger partial charge on any atom is 0.312 e. The van der Waals surface area contributed by atoms with Gasteiger partial charge in [-0.15, -0.1) is 0 Å². The van der Waals surface area contributed by atoms with E-state index in [2.05, 4.69) is 78.5 Å². The predicted molar refractivity (Wildman–Crippen MR) is 195 cm³/mol. The number of carbonyl (C=O) groups is 2. The van der Waals surface area contributed by atoms with Crippen LogP contribution in [-0.2, 0) is 16.1 Å². The molecular weight excluding hydrogens is 588 g/mol. The normalized spacial score (nSPS) is 39.6. The number of benzene rings is 2. The molecule has 0 N–H and O–H groups in total. The summed E-state index contributed by atoms with van der Waals surface area (Å²) in [6.45, 7) is 21.7. The Hall–Kier alpha value is -2.94. The second-order valence-electron chi connectivity index (χ2n) is 18.1. The molecule has 4 saturated carbocycles. The average molecular weight is 647 g/mol. The van der Waals surface area contributed by atoms with Gasteiger partial charge in [0.2, 0.25) is 0 Å². The Bertz CT molecular complexity index is 1630. The number of fused-ring (bicyclic) bond motifs is 7. The molecule has 2 aromatic rings. The van der Waals surface area contributed by atoms with Crippen LogP contribution < -0.4 is 0 Å². The molecule has 2 aromatic carbocycles. The van der Waals surface area contributed by atoms with Gasteiger partial charge < -0.3 is 4.74 Å². The molecule has 0 aromatic heterocycles. The summed E-state index contributed by atoms with van der Waals surface area (Å²) in [6.07, 6.45) is 12.7. The van der Waals surface area contributed by atoms with Gasteiger partial charge in [-0.1, -0.05) is 107 Å². The van der Waals surface area contributed by atoms with Crippen LogP contribution in [0.25, 0.3) is 5.57 Å². The van der Waals surface area contributed by atoms with E-state index in [1.165, 1.54) is 42.4 Å². The van der Waals surface area contributed by atoms with Crippen molar-refractivity contribution < 1.29 is 14.3 Å². The summed E-state index contributed by atoms with van der Waals surface area (Å²) in [5, 5.41) is 0. The lowest BCUT2D eigenvalue weighted by Crippen LogP contribution is -2.66. The largest absolute Gasteiger partial charge is 0.460 e. The van der Waals surface area contributed by atoms with Crippen molar-refractivity contribution >= 4 is 17.3 Å². The lowest BCUT2D eigenvalue weighted by molar-refractivity contribution is -0.229. The van der Waals surface area contributed by atoms with Crippen LogP contribution in [0.1, 0.15) is 128 Å². The molecule has 3 heteroatoms. The fourth-order valence-electron chi connectivity index (χ4n) is 13.3. The summed E-state index contributed by atoms with van der Waals surface area (Å²) < 4.78 is 6.23. The van der Waals surface area contributed by atoms with Crippen LogP contribution in [0, 0.1) is 56.7 Å². The Morgan fingerprint density at radius 2 is 1.50 bits per heavy atom. The van der Waals surface area contributed by atoms with Gasteiger partial charge in [-0.2, -0.15) is 0 Å². The number of carbonyl (C=O) groups excluding carboxylic acids is 2. The van der Waals surface area contributed by atoms with Gasteiger partial charge in [-0.3, -0.25) is 9.59 Å². The average Bonchev–Trinajstić information content (AvgIpc) is 3.46. The number of rotatable bonds is 6. The highest BCUT2D eigenvalue weighted by Crippen LogP contribution is 2.77. The first-order valence-corrected chi connectivity index (χ1v) is 18.9. The third-order valence-electron chi connectivity index (χ3n) is 15.9. The highest BCUT2D eigenvalue weighted by Gasteiger charge is 2.71. The molecule has 0 bridgehead atoms. The van der Waals surface area contributed by atoms with Crippen LogP contribution in [0.5, 0.6) is 0 Å². The van der Waals surface area contributed by atoms with Crippen molar-refractivity contribution in [1.29, 1.82) is 0 Å². The Kier molecular flexibility index (Phi) is 8.08. The topological polar surface area (TPSA) is 43.4 Å². The van der Waals surface area contributed by atoms with Crippen LogP contribution in [-0.4, -0.2) is 11.8 Å². The molecule has 0 radical (unpaired) electrons. The lowest BCUT2D eigenvalue weighted by Gasteiger charge is -2.72. The van der Waals surface area contributed by atoms with Gasteiger partial charge in [0.25, 0.3) is 0 Å². The smallest absolute Gasteiger partial charge is 0.312 e. The number of ether oxygens (including phenoxy) is 1. The van der Waals surface area contributed by atoms with E-state index >= 15 is 0 Å². The van der Waals surface area contributed by atoms with Gasteiger partial charge in [0.1, 0.15) is 6.61 Å². The molecule has 0 spiro atoms. The number of hydrogen-bond donors (Lipinski definition) is 0. The predicted octanol–water partition coefficient (Wildman–Crippen LogP) is 11.3. The Balaban J connectivity index is 1.20. The minimum Gasteiger partial charge on any atom is -0.460 e. The van der Waals surface area contributed by atoms with E-state index in [1.807, 2.05) is 30.3 Å². The van der Waals surface area contributed by atoms with Gasteiger partial charge in [0, 0.05) is 5.56 Å². The molecule has 7 rings (SSSR count). The van der Waals surface area contributed by atoms with E-state index in [1.54, 1.807) is 6.92 Å². The van der Waals surface area contributed by atoms with Gasteiger partial charge in [-0.05, 0) is 140 Å². The van der Waals surface area contributed by atoms with Crippen molar-refractivity contribution in [2.24, 2.45) is 56.7 Å². The maximum absolute atomic E-state index is 14.3. The first-order chi connectivity index (χ1) is 22.7. The van der Waals surface area contributed by atoms with Crippen molar-refractivity contribution in [3.05, 3.63) is 89.5 Å². The number of ketones is 1. The molecule has 4 fully saturated rings. The first kappa shape index (κ1) is 33.6. The van der Waals surface area contributed by atoms with Crippen molar-refractivity contribution in [1.82, 2.24) is 0 Å². The van der Waals surface area contributed by atoms with Crippen molar-refractivity contribution in [3.63, 3.8) is 0 Å². The van der Waals surface area contributed by atoms with Crippen LogP contribution in [0.2, 0.25) is 0 Å². The van der Waals surface area contributed by atoms with Crippen molar-refractivity contribution in [2.75, 3.05) is 0 Å². The zero-order valence-electron chi connectivity index (χ0n) is 30.7. The highest BCUT2D eigenvalue weighted by molar-refractivity contribution is 5.94. The van der Waals surface area contributed by atoms with E-state index in [0.29, 0.717) is 36.2 Å². The van der Waals surface area contributed by atoms with Crippen LogP contribution in [0.15, 0.2) is 72.8 Å². The standard InChI is InChI=1S/C45H58O3/c1-29(2)34-20-25-45(40(47)48-28-31-12-10-9-11-13-31)27-26-43(7)36(39(34)45)18-19-38-42(6)23-21-35(33-16-14-32(15-17-33)30(3)46)41(4,5)37(42)22-24-44(38,43)8/h9-17,21,34,36-39H,1,18-20,22-28H2,2-8H3/t34-,36+,37-,38+,39+,42-,43+,44+,45-/m0/s1. The molecule has 9 atom stereocenters. The lowest BCUT2D eigenvalue weighted by atomic mass is 9.32. The number of hydrogen-bond acceptors (Lipinski definition) is 3. The van der Waals surface area contributed by atoms with E-state index in [9.17, 15) is 9.59 Å². The molecule has 5 aliphatic carbocycles. The Morgan fingerprint density at radius 1 is 0.792 bits per heavy atom. The molecule has 0 heterocycles. The Morgan fingerprint density at radius 3 is 2.17 bits per heavy atom. The molecule has 5 aliphatic rings. The second-order valence-corrected chi connectivity index (χ2v) is 18.1. The van der Waals surface area contributed by atoms with Gasteiger partial charge >= 0.3 is 5.97 Å². The molecule has 0 unspecified atom stereocenters. The highest BCUT2D eigenvalue weighted by atomic mass is 16.5. The molecule has 48 heavy (non-hydrogen) atoms. The SMILES string of the molecule is C=C(C)[C@@H]1CC[C@]2(C(=O)OCc3ccccc3)CC[C@]3(C)[C@H](CC[C@@H]4[C@@]5(C)CC=C(c6ccc(C(C)=O)cc6)C(C)(C)[C@@H]5CC[C@]43C)[C@@H]12. The van der Waals surface area contributed by atoms with Crippen molar-refractivity contribution in [3.8, 4) is 0 Å². The quantitative estimate of drug-likeness (QED) is 0.178. The zero-order chi connectivity index (χ0) is 34.3. The fraction of sp³-hybridized carbons (Fsp3) is 0.600. The summed E-state index contributed by atoms with van der Waals surface area (Å²) in [4.78, 5) is 26.3. The molecule has 0 saturated heterocycles. The van der Waals surface area contributed by atoms with E-state index < -0.39 is 5.41 Å². The van der Waals surface area contributed by atoms with Gasteiger partial charge in [-0.25, -0.2) is 0 Å². The second kappa shape index (κ2) is 11.6. The number of allylic oxidation sites excluding steroid dienone is 3. The fourth-order valence-corrected chi connectivity index (χ4v) is 13.3. The Labute approximate surface area is 290 Å². The van der Waals surface area contributed by atoms with Crippen molar-refractivity contribution in [2.45, 2.75) is 113 Å². The summed E-state index contributed by atoms with van der Waals surface area (Å²) in [5.41, 5.74) is 6.09. The minimum atomic E-state index is -0.394. The maximum atomic E-state index is 14.3. The van der Waals surface area contributed by atoms with Crippen LogP contribution >= 0.6 is 0 Å². The molecule has 0 amide bonds. The molecule has 3 nitrogen and oxygen atoms in total. The van der Waals surface area contributed by atoms with E-state index in [4.69, 9.17) is 4.74 Å². The molecule has 256 valence electrons. The van der Waals surface area contributed by atoms with Crippen LogP contribution in [0.3, 0.4) is 0 Å². The zero-order valence-corrected chi connectivity index (χ0v) is 30.7. The summed E-state index contributed by atoms with van der Waals surface area (Å²) >= 11 is 0. The minimum absolute atomic E-state index is 0.0462. The first-order valence-electron chi connectivity index (χ1n) is 18.9. The van der Waals surface area contributed by atoms with Crippen LogP contribution in [0.4, 0.5) is 0 Å². The monoisotopic (exact) mass is 646 g/mol. The van der Waals surface area contributed by atoms with Gasteiger partial charge in [0.05, 0.1) is 5.41 Å². The van der Waals surface area contributed by atoms with E-state index in [-0.39, 0.29) is 33.4 Å². The summed E-state index contributed by atoms with van der Waals surface area (Å²) in [6, 6.07) is 18.5. The number of esters is 1. The summed E-state index contributed by atoms with van der Waals surface area (Å²) in [7, 11) is 0.